The normalized spacial score (nSPS) is 12.5. The van der Waals surface area contributed by atoms with Crippen LogP contribution in [0, 0.1) is 5.92 Å². The van der Waals surface area contributed by atoms with Crippen LogP contribution in [0.2, 0.25) is 0 Å². The van der Waals surface area contributed by atoms with Crippen molar-refractivity contribution in [1.29, 1.82) is 0 Å². The van der Waals surface area contributed by atoms with Crippen LogP contribution in [0.3, 0.4) is 0 Å². The second kappa shape index (κ2) is 5.60. The molecule has 0 aliphatic carbocycles. The zero-order valence-electron chi connectivity index (χ0n) is 9.20. The van der Waals surface area contributed by atoms with Crippen LogP contribution >= 0.6 is 0 Å². The summed E-state index contributed by atoms with van der Waals surface area (Å²) in [6.45, 7) is 4.36. The number of pyridine rings is 1. The van der Waals surface area contributed by atoms with Crippen LogP contribution in [0.4, 0.5) is 5.69 Å². The molecule has 0 bridgehead atoms. The van der Waals surface area contributed by atoms with Crippen molar-refractivity contribution < 1.29 is 0 Å². The third-order valence-electron chi connectivity index (χ3n) is 2.24. The van der Waals surface area contributed by atoms with Crippen LogP contribution < -0.4 is 10.2 Å². The zero-order valence-corrected chi connectivity index (χ0v) is 9.20. The van der Waals surface area contributed by atoms with Crippen LogP contribution in [0.1, 0.15) is 6.92 Å². The lowest BCUT2D eigenvalue weighted by atomic mass is 10.1. The van der Waals surface area contributed by atoms with Gasteiger partial charge in [0.25, 0.3) is 0 Å². The molecule has 1 aromatic rings. The molecule has 3 heteroatoms. The minimum Gasteiger partial charge on any atom is -0.374 e. The summed E-state index contributed by atoms with van der Waals surface area (Å²) in [5.41, 5.74) is 1.22. The molecule has 1 heterocycles. The van der Waals surface area contributed by atoms with Gasteiger partial charge in [0.2, 0.25) is 0 Å². The Hall–Kier alpha value is -1.09. The van der Waals surface area contributed by atoms with Gasteiger partial charge in [0.05, 0.1) is 0 Å². The largest absolute Gasteiger partial charge is 0.374 e. The molecule has 0 aliphatic rings. The van der Waals surface area contributed by atoms with E-state index in [9.17, 15) is 0 Å². The second-order valence-electron chi connectivity index (χ2n) is 3.75. The summed E-state index contributed by atoms with van der Waals surface area (Å²) in [5, 5.41) is 3.19. The van der Waals surface area contributed by atoms with E-state index in [1.54, 1.807) is 0 Å². The van der Waals surface area contributed by atoms with E-state index in [-0.39, 0.29) is 0 Å². The highest BCUT2D eigenvalue weighted by Crippen LogP contribution is 2.11. The average molecular weight is 193 g/mol. The van der Waals surface area contributed by atoms with Gasteiger partial charge in [-0.2, -0.15) is 0 Å². The minimum atomic E-state index is 0.651. The molecule has 1 unspecified atom stereocenters. The molecule has 78 valence electrons. The quantitative estimate of drug-likeness (QED) is 0.765. The van der Waals surface area contributed by atoms with E-state index in [1.807, 2.05) is 31.6 Å². The fourth-order valence-electron chi connectivity index (χ4n) is 1.58. The van der Waals surface area contributed by atoms with Gasteiger partial charge in [-0.3, -0.25) is 4.98 Å². The summed E-state index contributed by atoms with van der Waals surface area (Å²) in [4.78, 5) is 6.26. The van der Waals surface area contributed by atoms with Crippen molar-refractivity contribution in [2.75, 3.05) is 32.1 Å². The Morgan fingerprint density at radius 3 is 2.64 bits per heavy atom. The van der Waals surface area contributed by atoms with Crippen molar-refractivity contribution in [1.82, 2.24) is 10.3 Å². The number of hydrogen-bond acceptors (Lipinski definition) is 3. The fourth-order valence-corrected chi connectivity index (χ4v) is 1.58. The summed E-state index contributed by atoms with van der Waals surface area (Å²) in [6, 6.07) is 4.07. The smallest absolute Gasteiger partial charge is 0.0394 e. The van der Waals surface area contributed by atoms with E-state index in [0.717, 1.165) is 13.1 Å². The van der Waals surface area contributed by atoms with Crippen LogP contribution in [-0.4, -0.2) is 32.2 Å². The van der Waals surface area contributed by atoms with Crippen molar-refractivity contribution in [3.8, 4) is 0 Å². The third-order valence-corrected chi connectivity index (χ3v) is 2.24. The Kier molecular flexibility index (Phi) is 4.40. The van der Waals surface area contributed by atoms with Gasteiger partial charge < -0.3 is 10.2 Å². The van der Waals surface area contributed by atoms with Gasteiger partial charge in [0, 0.05) is 31.7 Å². The predicted octanol–water partition coefficient (Wildman–Crippen LogP) is 1.37. The molecule has 0 saturated carbocycles. The van der Waals surface area contributed by atoms with Crippen LogP contribution in [-0.2, 0) is 0 Å². The van der Waals surface area contributed by atoms with Crippen LogP contribution in [0.5, 0.6) is 0 Å². The van der Waals surface area contributed by atoms with E-state index >= 15 is 0 Å². The van der Waals surface area contributed by atoms with E-state index < -0.39 is 0 Å². The summed E-state index contributed by atoms with van der Waals surface area (Å²) in [7, 11) is 4.10. The molecule has 1 rings (SSSR count). The Bertz CT molecular complexity index is 248. The highest BCUT2D eigenvalue weighted by Gasteiger charge is 2.05. The lowest BCUT2D eigenvalue weighted by Gasteiger charge is -2.23. The number of nitrogens with zero attached hydrogens (tertiary/aromatic N) is 2. The zero-order chi connectivity index (χ0) is 10.4. The molecule has 3 nitrogen and oxygen atoms in total. The van der Waals surface area contributed by atoms with Crippen molar-refractivity contribution in [3.63, 3.8) is 0 Å². The van der Waals surface area contributed by atoms with Crippen molar-refractivity contribution >= 4 is 5.69 Å². The number of anilines is 1. The first-order valence-corrected chi connectivity index (χ1v) is 4.99. The lowest BCUT2D eigenvalue weighted by molar-refractivity contribution is 0.542. The van der Waals surface area contributed by atoms with Crippen molar-refractivity contribution in [2.45, 2.75) is 6.92 Å². The highest BCUT2D eigenvalue weighted by molar-refractivity contribution is 5.43. The fraction of sp³-hybridized carbons (Fsp3) is 0.545. The van der Waals surface area contributed by atoms with E-state index in [0.29, 0.717) is 5.92 Å². The van der Waals surface area contributed by atoms with Gasteiger partial charge in [-0.1, -0.05) is 6.92 Å². The molecule has 0 spiro atoms. The number of rotatable bonds is 5. The highest BCUT2D eigenvalue weighted by atomic mass is 15.1. The summed E-state index contributed by atoms with van der Waals surface area (Å²) >= 11 is 0. The minimum absolute atomic E-state index is 0.651. The van der Waals surface area contributed by atoms with Crippen LogP contribution in [0.15, 0.2) is 24.5 Å². The molecule has 0 aromatic carbocycles. The molecule has 0 fully saturated rings. The van der Waals surface area contributed by atoms with Gasteiger partial charge in [-0.15, -0.1) is 0 Å². The number of nitrogens with one attached hydrogen (secondary N) is 1. The summed E-state index contributed by atoms with van der Waals surface area (Å²) in [6.07, 6.45) is 3.66. The first-order valence-electron chi connectivity index (χ1n) is 4.99. The van der Waals surface area contributed by atoms with E-state index in [4.69, 9.17) is 0 Å². The first-order chi connectivity index (χ1) is 6.74. The van der Waals surface area contributed by atoms with Gasteiger partial charge in [0.1, 0.15) is 0 Å². The Morgan fingerprint density at radius 1 is 1.43 bits per heavy atom. The van der Waals surface area contributed by atoms with Gasteiger partial charge >= 0.3 is 0 Å². The molecule has 0 saturated heterocycles. The lowest BCUT2D eigenvalue weighted by Crippen LogP contribution is -2.29. The maximum absolute atomic E-state index is 4.00. The topological polar surface area (TPSA) is 28.2 Å². The van der Waals surface area contributed by atoms with Crippen molar-refractivity contribution in [2.24, 2.45) is 5.92 Å². The summed E-state index contributed by atoms with van der Waals surface area (Å²) in [5.74, 6) is 0.651. The van der Waals surface area contributed by atoms with E-state index in [1.165, 1.54) is 5.69 Å². The molecular weight excluding hydrogens is 174 g/mol. The third kappa shape index (κ3) is 3.34. The molecule has 0 radical (unpaired) electrons. The summed E-state index contributed by atoms with van der Waals surface area (Å²) < 4.78 is 0. The Labute approximate surface area is 86.2 Å². The molecule has 1 atom stereocenters. The van der Waals surface area contributed by atoms with Gasteiger partial charge in [-0.05, 0) is 31.6 Å². The molecule has 1 aromatic heterocycles. The SMILES string of the molecule is CNCC(C)CN(C)c1ccncc1. The van der Waals surface area contributed by atoms with Gasteiger partial charge in [-0.25, -0.2) is 0 Å². The standard InChI is InChI=1S/C11H19N3/c1-10(8-12-2)9-14(3)11-4-6-13-7-5-11/h4-7,10,12H,8-9H2,1-3H3. The maximum Gasteiger partial charge on any atom is 0.0394 e. The molecule has 0 amide bonds. The average Bonchev–Trinajstić information content (AvgIpc) is 2.19. The van der Waals surface area contributed by atoms with E-state index in [2.05, 4.69) is 29.2 Å². The van der Waals surface area contributed by atoms with Crippen molar-refractivity contribution in [3.05, 3.63) is 24.5 Å². The first kappa shape index (κ1) is 11.0. The molecule has 0 aliphatic heterocycles. The molecule has 1 N–H and O–H groups in total. The maximum atomic E-state index is 4.00. The molecular formula is C11H19N3. The Morgan fingerprint density at radius 2 is 2.07 bits per heavy atom. The predicted molar refractivity (Wildman–Crippen MR) is 60.6 cm³/mol. The monoisotopic (exact) mass is 193 g/mol. The van der Waals surface area contributed by atoms with Gasteiger partial charge in [0.15, 0.2) is 0 Å². The second-order valence-corrected chi connectivity index (χ2v) is 3.75. The Balaban J connectivity index is 2.46. The number of aromatic nitrogens is 1. The molecule has 14 heavy (non-hydrogen) atoms. The number of hydrogen-bond donors (Lipinski definition) is 1. The van der Waals surface area contributed by atoms with Crippen LogP contribution in [0.25, 0.3) is 0 Å².